The molecule has 130 valence electrons. The fourth-order valence-corrected chi connectivity index (χ4v) is 3.86. The summed E-state index contributed by atoms with van der Waals surface area (Å²) in [5.41, 5.74) is 6.83. The molecule has 2 unspecified atom stereocenters. The molecule has 0 aliphatic rings. The molecule has 1 amide bonds. The van der Waals surface area contributed by atoms with E-state index in [4.69, 9.17) is 5.73 Å². The Bertz CT molecular complexity index is 653. The molecule has 0 spiro atoms. The molecule has 6 nitrogen and oxygen atoms in total. The molecule has 23 heavy (non-hydrogen) atoms. The third kappa shape index (κ3) is 4.53. The van der Waals surface area contributed by atoms with E-state index in [-0.39, 0.29) is 22.8 Å². The molecule has 1 aromatic rings. The highest BCUT2D eigenvalue weighted by molar-refractivity contribution is 7.89. The Kier molecular flexibility index (Phi) is 6.73. The monoisotopic (exact) mass is 341 g/mol. The smallest absolute Gasteiger partial charge is 0.243 e. The minimum atomic E-state index is -3.57. The molecule has 1 aromatic carbocycles. The summed E-state index contributed by atoms with van der Waals surface area (Å²) in [6.45, 7) is 9.63. The van der Waals surface area contributed by atoms with Crippen LogP contribution in [0.25, 0.3) is 0 Å². The lowest BCUT2D eigenvalue weighted by Crippen LogP contribution is -2.34. The van der Waals surface area contributed by atoms with Gasteiger partial charge in [0, 0.05) is 24.8 Å². The van der Waals surface area contributed by atoms with Crippen LogP contribution in [0.3, 0.4) is 0 Å². The number of nitrogens with one attached hydrogen (secondary N) is 1. The van der Waals surface area contributed by atoms with Gasteiger partial charge in [0.1, 0.15) is 0 Å². The molecule has 3 N–H and O–H groups in total. The number of carbonyl (C=O) groups is 1. The van der Waals surface area contributed by atoms with Gasteiger partial charge in [-0.1, -0.05) is 26.8 Å². The zero-order valence-electron chi connectivity index (χ0n) is 14.5. The number of carbonyl (C=O) groups excluding carboxylic acids is 1. The van der Waals surface area contributed by atoms with E-state index in [9.17, 15) is 13.2 Å². The molecule has 0 fully saturated rings. The van der Waals surface area contributed by atoms with Crippen molar-refractivity contribution < 1.29 is 13.2 Å². The first-order valence-corrected chi connectivity index (χ1v) is 9.26. The lowest BCUT2D eigenvalue weighted by atomic mass is 10.0. The fourth-order valence-electron chi connectivity index (χ4n) is 2.15. The van der Waals surface area contributed by atoms with Gasteiger partial charge < -0.3 is 11.1 Å². The van der Waals surface area contributed by atoms with E-state index in [0.717, 1.165) is 0 Å². The normalized spacial score (nSPS) is 14.6. The van der Waals surface area contributed by atoms with Crippen LogP contribution in [0.1, 0.15) is 33.3 Å². The zero-order valence-corrected chi connectivity index (χ0v) is 15.3. The predicted molar refractivity (Wildman–Crippen MR) is 92.7 cm³/mol. The molecule has 0 saturated carbocycles. The maximum absolute atomic E-state index is 12.7. The zero-order chi connectivity index (χ0) is 17.8. The first-order valence-electron chi connectivity index (χ1n) is 7.82. The second-order valence-corrected chi connectivity index (χ2v) is 7.61. The molecule has 7 heteroatoms. The standard InChI is InChI=1S/C16H27N3O3S/c1-6-19(7-2)23(21,22)15-10-14(9-8-11(15)3)18-16(20)12(4)13(5)17/h8-10,12-13H,6-7,17H2,1-5H3,(H,18,20). The topological polar surface area (TPSA) is 92.5 Å². The van der Waals surface area contributed by atoms with Gasteiger partial charge in [-0.3, -0.25) is 4.79 Å². The largest absolute Gasteiger partial charge is 0.327 e. The number of aryl methyl sites for hydroxylation is 1. The van der Waals surface area contributed by atoms with Crippen molar-refractivity contribution in [1.29, 1.82) is 0 Å². The summed E-state index contributed by atoms with van der Waals surface area (Å²) in [6.07, 6.45) is 0. The Hall–Kier alpha value is -1.44. The van der Waals surface area contributed by atoms with Gasteiger partial charge in [0.15, 0.2) is 0 Å². The van der Waals surface area contributed by atoms with Crippen LogP contribution >= 0.6 is 0 Å². The summed E-state index contributed by atoms with van der Waals surface area (Å²) < 4.78 is 26.8. The van der Waals surface area contributed by atoms with Gasteiger partial charge >= 0.3 is 0 Å². The van der Waals surface area contributed by atoms with E-state index < -0.39 is 10.0 Å². The number of amides is 1. The van der Waals surface area contributed by atoms with Gasteiger partial charge in [-0.2, -0.15) is 4.31 Å². The van der Waals surface area contributed by atoms with Crippen LogP contribution < -0.4 is 11.1 Å². The van der Waals surface area contributed by atoms with Gasteiger partial charge in [-0.15, -0.1) is 0 Å². The van der Waals surface area contributed by atoms with Crippen molar-refractivity contribution in [1.82, 2.24) is 4.31 Å². The van der Waals surface area contributed by atoms with Crippen molar-refractivity contribution >= 4 is 21.6 Å². The highest BCUT2D eigenvalue weighted by atomic mass is 32.2. The Morgan fingerprint density at radius 3 is 2.30 bits per heavy atom. The number of rotatable bonds is 7. The second-order valence-electron chi connectivity index (χ2n) is 5.71. The van der Waals surface area contributed by atoms with Crippen molar-refractivity contribution in [3.63, 3.8) is 0 Å². The molecule has 0 aliphatic heterocycles. The van der Waals surface area contributed by atoms with Crippen LogP contribution in [0.2, 0.25) is 0 Å². The first-order chi connectivity index (χ1) is 10.6. The van der Waals surface area contributed by atoms with Gasteiger partial charge in [-0.05, 0) is 31.5 Å². The van der Waals surface area contributed by atoms with E-state index in [0.29, 0.717) is 24.3 Å². The number of anilines is 1. The molecule has 0 aliphatic carbocycles. The van der Waals surface area contributed by atoms with Crippen LogP contribution in [-0.2, 0) is 14.8 Å². The lowest BCUT2D eigenvalue weighted by molar-refractivity contribution is -0.119. The fraction of sp³-hybridized carbons (Fsp3) is 0.562. The Morgan fingerprint density at radius 1 is 1.26 bits per heavy atom. The average molecular weight is 341 g/mol. The predicted octanol–water partition coefficient (Wildman–Crippen LogP) is 1.95. The summed E-state index contributed by atoms with van der Waals surface area (Å²) in [5.74, 6) is -0.589. The second kappa shape index (κ2) is 7.90. The Morgan fingerprint density at radius 2 is 1.83 bits per heavy atom. The maximum atomic E-state index is 12.7. The van der Waals surface area contributed by atoms with Crippen molar-refractivity contribution in [2.75, 3.05) is 18.4 Å². The number of benzene rings is 1. The van der Waals surface area contributed by atoms with Crippen molar-refractivity contribution in [2.45, 2.75) is 45.6 Å². The van der Waals surface area contributed by atoms with Crippen molar-refractivity contribution in [3.05, 3.63) is 23.8 Å². The molecule has 0 radical (unpaired) electrons. The minimum Gasteiger partial charge on any atom is -0.327 e. The molecule has 2 atom stereocenters. The molecule has 0 saturated heterocycles. The minimum absolute atomic E-state index is 0.215. The van der Waals surface area contributed by atoms with Crippen molar-refractivity contribution in [3.8, 4) is 0 Å². The van der Waals surface area contributed by atoms with Crippen LogP contribution in [0, 0.1) is 12.8 Å². The van der Waals surface area contributed by atoms with Gasteiger partial charge in [-0.25, -0.2) is 8.42 Å². The van der Waals surface area contributed by atoms with E-state index in [1.165, 1.54) is 10.4 Å². The first kappa shape index (κ1) is 19.6. The number of hydrogen-bond donors (Lipinski definition) is 2. The average Bonchev–Trinajstić information content (AvgIpc) is 2.48. The van der Waals surface area contributed by atoms with E-state index in [1.54, 1.807) is 46.8 Å². The molecule has 0 bridgehead atoms. The maximum Gasteiger partial charge on any atom is 0.243 e. The molecule has 1 rings (SSSR count). The number of nitrogens with zero attached hydrogens (tertiary/aromatic N) is 1. The van der Waals surface area contributed by atoms with Gasteiger partial charge in [0.2, 0.25) is 15.9 Å². The third-order valence-corrected chi connectivity index (χ3v) is 6.17. The summed E-state index contributed by atoms with van der Waals surface area (Å²) in [6, 6.07) is 4.62. The van der Waals surface area contributed by atoms with E-state index in [1.807, 2.05) is 0 Å². The summed E-state index contributed by atoms with van der Waals surface area (Å²) in [7, 11) is -3.57. The Balaban J connectivity index is 3.16. The quantitative estimate of drug-likeness (QED) is 0.793. The van der Waals surface area contributed by atoms with E-state index >= 15 is 0 Å². The molecule has 0 heterocycles. The van der Waals surface area contributed by atoms with Crippen LogP contribution in [-0.4, -0.2) is 37.8 Å². The van der Waals surface area contributed by atoms with Gasteiger partial charge in [0.25, 0.3) is 0 Å². The number of sulfonamides is 1. The van der Waals surface area contributed by atoms with Crippen molar-refractivity contribution in [2.24, 2.45) is 11.7 Å². The number of hydrogen-bond acceptors (Lipinski definition) is 4. The Labute approximate surface area is 139 Å². The summed E-state index contributed by atoms with van der Waals surface area (Å²) >= 11 is 0. The SMILES string of the molecule is CCN(CC)S(=O)(=O)c1cc(NC(=O)C(C)C(C)N)ccc1C. The number of nitrogens with two attached hydrogens (primary N) is 1. The molecule has 0 aromatic heterocycles. The molecular weight excluding hydrogens is 314 g/mol. The van der Waals surface area contributed by atoms with Crippen LogP contribution in [0.15, 0.2) is 23.1 Å². The van der Waals surface area contributed by atoms with E-state index in [2.05, 4.69) is 5.32 Å². The third-order valence-electron chi connectivity index (χ3n) is 3.98. The summed E-state index contributed by atoms with van der Waals surface area (Å²) in [4.78, 5) is 12.3. The summed E-state index contributed by atoms with van der Waals surface area (Å²) in [5, 5.41) is 2.74. The lowest BCUT2D eigenvalue weighted by Gasteiger charge is -2.21. The molecular formula is C16H27N3O3S. The highest BCUT2D eigenvalue weighted by Crippen LogP contribution is 2.24. The van der Waals surface area contributed by atoms with Gasteiger partial charge in [0.05, 0.1) is 10.8 Å². The van der Waals surface area contributed by atoms with Crippen LogP contribution in [0.4, 0.5) is 5.69 Å². The van der Waals surface area contributed by atoms with Crippen LogP contribution in [0.5, 0.6) is 0 Å². The highest BCUT2D eigenvalue weighted by Gasteiger charge is 2.24.